The maximum atomic E-state index is 9.28. The number of aliphatic hydroxyl groups excluding tert-OH is 1. The van der Waals surface area contributed by atoms with Crippen molar-refractivity contribution >= 4 is 5.69 Å². The zero-order chi connectivity index (χ0) is 11.4. The van der Waals surface area contributed by atoms with E-state index in [0.29, 0.717) is 12.5 Å². The smallest absolute Gasteiger partial charge is 0.0476 e. The highest BCUT2D eigenvalue weighted by Crippen LogP contribution is 2.27. The van der Waals surface area contributed by atoms with Gasteiger partial charge in [-0.1, -0.05) is 25.1 Å². The SMILES string of the molecule is CCC(CO)CN1CCCc2ccccc21. The molecule has 0 saturated carbocycles. The molecule has 0 radical (unpaired) electrons. The average molecular weight is 219 g/mol. The summed E-state index contributed by atoms with van der Waals surface area (Å²) in [5, 5.41) is 9.28. The molecule has 1 aliphatic heterocycles. The number of benzene rings is 1. The Hall–Kier alpha value is -1.02. The molecule has 1 aromatic rings. The van der Waals surface area contributed by atoms with E-state index in [-0.39, 0.29) is 0 Å². The second kappa shape index (κ2) is 5.35. The molecule has 2 heteroatoms. The van der Waals surface area contributed by atoms with Crippen molar-refractivity contribution < 1.29 is 5.11 Å². The Morgan fingerprint density at radius 3 is 2.94 bits per heavy atom. The summed E-state index contributed by atoms with van der Waals surface area (Å²) in [5.41, 5.74) is 2.84. The Kier molecular flexibility index (Phi) is 3.83. The Morgan fingerprint density at radius 2 is 2.19 bits per heavy atom. The van der Waals surface area contributed by atoms with Crippen LogP contribution in [-0.2, 0) is 6.42 Å². The normalized spacial score (nSPS) is 17.0. The van der Waals surface area contributed by atoms with Gasteiger partial charge in [-0.2, -0.15) is 0 Å². The predicted molar refractivity (Wildman–Crippen MR) is 67.8 cm³/mol. The van der Waals surface area contributed by atoms with Crippen LogP contribution in [0, 0.1) is 5.92 Å². The molecule has 1 atom stereocenters. The monoisotopic (exact) mass is 219 g/mol. The van der Waals surface area contributed by atoms with E-state index in [1.807, 2.05) is 0 Å². The van der Waals surface area contributed by atoms with E-state index in [1.54, 1.807) is 0 Å². The molecule has 2 nitrogen and oxygen atoms in total. The molecule has 2 rings (SSSR count). The molecule has 0 amide bonds. The van der Waals surface area contributed by atoms with E-state index in [2.05, 4.69) is 36.1 Å². The summed E-state index contributed by atoms with van der Waals surface area (Å²) >= 11 is 0. The van der Waals surface area contributed by atoms with Gasteiger partial charge in [0.2, 0.25) is 0 Å². The predicted octanol–water partition coefficient (Wildman–Crippen LogP) is 2.46. The summed E-state index contributed by atoms with van der Waals surface area (Å²) in [5.74, 6) is 0.408. The van der Waals surface area contributed by atoms with E-state index in [9.17, 15) is 5.11 Å². The first-order chi connectivity index (χ1) is 7.85. The fourth-order valence-corrected chi connectivity index (χ4v) is 2.43. The molecule has 1 heterocycles. The summed E-state index contributed by atoms with van der Waals surface area (Å²) in [7, 11) is 0. The minimum atomic E-state index is 0.301. The molecule has 0 bridgehead atoms. The number of aliphatic hydroxyl groups is 1. The topological polar surface area (TPSA) is 23.5 Å². The van der Waals surface area contributed by atoms with Gasteiger partial charge >= 0.3 is 0 Å². The van der Waals surface area contributed by atoms with Crippen LogP contribution in [0.25, 0.3) is 0 Å². The number of aryl methyl sites for hydroxylation is 1. The van der Waals surface area contributed by atoms with Gasteiger partial charge in [0.1, 0.15) is 0 Å². The molecule has 1 aliphatic rings. The van der Waals surface area contributed by atoms with Crippen LogP contribution < -0.4 is 4.90 Å². The number of fused-ring (bicyclic) bond motifs is 1. The molecule has 88 valence electrons. The van der Waals surface area contributed by atoms with Gasteiger partial charge in [-0.05, 0) is 36.8 Å². The van der Waals surface area contributed by atoms with Crippen molar-refractivity contribution in [3.05, 3.63) is 29.8 Å². The van der Waals surface area contributed by atoms with Crippen LogP contribution in [0.2, 0.25) is 0 Å². The lowest BCUT2D eigenvalue weighted by Crippen LogP contribution is -2.34. The third kappa shape index (κ3) is 2.38. The number of para-hydroxylation sites is 1. The summed E-state index contributed by atoms with van der Waals surface area (Å²) in [6.45, 7) is 4.57. The van der Waals surface area contributed by atoms with Crippen LogP contribution in [0.1, 0.15) is 25.3 Å². The maximum Gasteiger partial charge on any atom is 0.0476 e. The number of anilines is 1. The van der Waals surface area contributed by atoms with E-state index >= 15 is 0 Å². The van der Waals surface area contributed by atoms with Crippen LogP contribution in [0.15, 0.2) is 24.3 Å². The summed E-state index contributed by atoms with van der Waals surface area (Å²) < 4.78 is 0. The highest BCUT2D eigenvalue weighted by molar-refractivity contribution is 5.55. The third-order valence-corrected chi connectivity index (χ3v) is 3.52. The minimum Gasteiger partial charge on any atom is -0.396 e. The fraction of sp³-hybridized carbons (Fsp3) is 0.571. The quantitative estimate of drug-likeness (QED) is 0.841. The molecular formula is C14H21NO. The lowest BCUT2D eigenvalue weighted by Gasteiger charge is -2.33. The number of rotatable bonds is 4. The van der Waals surface area contributed by atoms with Gasteiger partial charge in [0, 0.05) is 25.4 Å². The number of hydrogen-bond donors (Lipinski definition) is 1. The first kappa shape index (κ1) is 11.5. The molecule has 1 aromatic carbocycles. The second-order valence-electron chi connectivity index (χ2n) is 4.64. The van der Waals surface area contributed by atoms with Crippen molar-refractivity contribution in [3.8, 4) is 0 Å². The highest BCUT2D eigenvalue weighted by Gasteiger charge is 2.18. The Bertz CT molecular complexity index is 333. The highest BCUT2D eigenvalue weighted by atomic mass is 16.3. The van der Waals surface area contributed by atoms with E-state index < -0.39 is 0 Å². The standard InChI is InChI=1S/C14H21NO/c1-2-12(11-16)10-15-9-5-7-13-6-3-4-8-14(13)15/h3-4,6,8,12,16H,2,5,7,9-11H2,1H3. The first-order valence-corrected chi connectivity index (χ1v) is 6.29. The van der Waals surface area contributed by atoms with Crippen molar-refractivity contribution in [2.45, 2.75) is 26.2 Å². The molecule has 0 aliphatic carbocycles. The van der Waals surface area contributed by atoms with Crippen LogP contribution >= 0.6 is 0 Å². The third-order valence-electron chi connectivity index (χ3n) is 3.52. The van der Waals surface area contributed by atoms with Gasteiger partial charge in [0.15, 0.2) is 0 Å². The van der Waals surface area contributed by atoms with Crippen LogP contribution in [0.4, 0.5) is 5.69 Å². The Morgan fingerprint density at radius 1 is 1.38 bits per heavy atom. The summed E-state index contributed by atoms with van der Waals surface area (Å²) in [4.78, 5) is 2.43. The van der Waals surface area contributed by atoms with Crippen LogP contribution in [-0.4, -0.2) is 24.8 Å². The molecule has 16 heavy (non-hydrogen) atoms. The van der Waals surface area contributed by atoms with Gasteiger partial charge < -0.3 is 10.0 Å². The van der Waals surface area contributed by atoms with Crippen molar-refractivity contribution in [2.24, 2.45) is 5.92 Å². The largest absolute Gasteiger partial charge is 0.396 e. The Labute approximate surface area is 97.9 Å². The lowest BCUT2D eigenvalue weighted by molar-refractivity contribution is 0.224. The summed E-state index contributed by atoms with van der Waals surface area (Å²) in [6.07, 6.45) is 3.48. The van der Waals surface area contributed by atoms with Gasteiger partial charge in [0.25, 0.3) is 0 Å². The van der Waals surface area contributed by atoms with E-state index in [1.165, 1.54) is 24.1 Å². The van der Waals surface area contributed by atoms with Gasteiger partial charge in [-0.25, -0.2) is 0 Å². The van der Waals surface area contributed by atoms with Gasteiger partial charge in [-0.3, -0.25) is 0 Å². The number of hydrogen-bond acceptors (Lipinski definition) is 2. The first-order valence-electron chi connectivity index (χ1n) is 6.29. The maximum absolute atomic E-state index is 9.28. The zero-order valence-electron chi connectivity index (χ0n) is 10.0. The van der Waals surface area contributed by atoms with Crippen molar-refractivity contribution in [3.63, 3.8) is 0 Å². The molecular weight excluding hydrogens is 198 g/mol. The molecule has 1 N–H and O–H groups in total. The van der Waals surface area contributed by atoms with Crippen LogP contribution in [0.3, 0.4) is 0 Å². The van der Waals surface area contributed by atoms with E-state index in [4.69, 9.17) is 0 Å². The fourth-order valence-electron chi connectivity index (χ4n) is 2.43. The number of nitrogens with zero attached hydrogens (tertiary/aromatic N) is 1. The molecule has 0 aromatic heterocycles. The summed E-state index contributed by atoms with van der Waals surface area (Å²) in [6, 6.07) is 8.66. The van der Waals surface area contributed by atoms with Gasteiger partial charge in [0.05, 0.1) is 0 Å². The second-order valence-corrected chi connectivity index (χ2v) is 4.64. The molecule has 1 unspecified atom stereocenters. The van der Waals surface area contributed by atoms with Crippen molar-refractivity contribution in [1.82, 2.24) is 0 Å². The zero-order valence-corrected chi connectivity index (χ0v) is 10.0. The lowest BCUT2D eigenvalue weighted by atomic mass is 9.99. The minimum absolute atomic E-state index is 0.301. The van der Waals surface area contributed by atoms with Crippen molar-refractivity contribution in [2.75, 3.05) is 24.6 Å². The Balaban J connectivity index is 2.12. The van der Waals surface area contributed by atoms with Gasteiger partial charge in [-0.15, -0.1) is 0 Å². The molecule has 0 fully saturated rings. The van der Waals surface area contributed by atoms with Crippen molar-refractivity contribution in [1.29, 1.82) is 0 Å². The van der Waals surface area contributed by atoms with Crippen LogP contribution in [0.5, 0.6) is 0 Å². The average Bonchev–Trinajstić information content (AvgIpc) is 2.36. The molecule has 0 saturated heterocycles. The van der Waals surface area contributed by atoms with E-state index in [0.717, 1.165) is 19.5 Å². The molecule has 0 spiro atoms.